The normalized spacial score (nSPS) is 9.83. The Bertz CT molecular complexity index is 284. The fourth-order valence-electron chi connectivity index (χ4n) is 1.23. The van der Waals surface area contributed by atoms with Gasteiger partial charge in [0.25, 0.3) is 0 Å². The zero-order chi connectivity index (χ0) is 9.14. The van der Waals surface area contributed by atoms with Crippen LogP contribution in [0, 0.1) is 0 Å². The Balaban J connectivity index is 3.24. The number of nitrogens with two attached hydrogens (primary N) is 2. The standard InChI is InChI=1S/C9H14N2O/c1-3-6-7(10)4-5-8(12-2)9(6)11/h4-5H,3,10-11H2,1-2H3. The molecule has 0 spiro atoms. The van der Waals surface area contributed by atoms with Crippen LogP contribution in [-0.4, -0.2) is 7.11 Å². The minimum Gasteiger partial charge on any atom is -0.495 e. The van der Waals surface area contributed by atoms with E-state index in [1.165, 1.54) is 0 Å². The molecule has 4 N–H and O–H groups in total. The summed E-state index contributed by atoms with van der Waals surface area (Å²) in [5.41, 5.74) is 13.9. The fraction of sp³-hybridized carbons (Fsp3) is 0.333. The Labute approximate surface area is 72.3 Å². The van der Waals surface area contributed by atoms with E-state index in [2.05, 4.69) is 0 Å². The summed E-state index contributed by atoms with van der Waals surface area (Å²) in [7, 11) is 1.60. The highest BCUT2D eigenvalue weighted by Gasteiger charge is 2.06. The highest BCUT2D eigenvalue weighted by Crippen LogP contribution is 2.29. The van der Waals surface area contributed by atoms with E-state index in [0.29, 0.717) is 11.4 Å². The quantitative estimate of drug-likeness (QED) is 0.653. The van der Waals surface area contributed by atoms with Crippen molar-refractivity contribution in [1.82, 2.24) is 0 Å². The highest BCUT2D eigenvalue weighted by molar-refractivity contribution is 5.68. The molecule has 12 heavy (non-hydrogen) atoms. The van der Waals surface area contributed by atoms with Crippen molar-refractivity contribution in [2.75, 3.05) is 18.6 Å². The van der Waals surface area contributed by atoms with E-state index in [-0.39, 0.29) is 0 Å². The summed E-state index contributed by atoms with van der Waals surface area (Å²) in [6.07, 6.45) is 0.828. The number of anilines is 2. The van der Waals surface area contributed by atoms with Crippen LogP contribution in [0.2, 0.25) is 0 Å². The Morgan fingerprint density at radius 2 is 2.00 bits per heavy atom. The number of methoxy groups -OCH3 is 1. The Morgan fingerprint density at radius 3 is 2.50 bits per heavy atom. The monoisotopic (exact) mass is 166 g/mol. The molecule has 0 amide bonds. The minimum atomic E-state index is 0.653. The Hall–Kier alpha value is -1.38. The van der Waals surface area contributed by atoms with Gasteiger partial charge in [-0.1, -0.05) is 6.92 Å². The van der Waals surface area contributed by atoms with Crippen LogP contribution in [0.4, 0.5) is 11.4 Å². The van der Waals surface area contributed by atoms with Gasteiger partial charge in [0.05, 0.1) is 12.8 Å². The molecule has 0 unspecified atom stereocenters. The van der Waals surface area contributed by atoms with Crippen LogP contribution in [0.25, 0.3) is 0 Å². The van der Waals surface area contributed by atoms with Gasteiger partial charge in [0, 0.05) is 11.3 Å². The smallest absolute Gasteiger partial charge is 0.142 e. The van der Waals surface area contributed by atoms with E-state index >= 15 is 0 Å². The molecule has 0 radical (unpaired) electrons. The van der Waals surface area contributed by atoms with E-state index in [9.17, 15) is 0 Å². The van der Waals surface area contributed by atoms with Crippen LogP contribution in [0.1, 0.15) is 12.5 Å². The first-order valence-corrected chi connectivity index (χ1v) is 3.91. The Kier molecular flexibility index (Phi) is 2.43. The molecule has 0 saturated carbocycles. The van der Waals surface area contributed by atoms with Crippen molar-refractivity contribution in [2.45, 2.75) is 13.3 Å². The largest absolute Gasteiger partial charge is 0.495 e. The first-order chi connectivity index (χ1) is 5.70. The lowest BCUT2D eigenvalue weighted by Gasteiger charge is -2.10. The van der Waals surface area contributed by atoms with Crippen molar-refractivity contribution in [1.29, 1.82) is 0 Å². The third-order valence-corrected chi connectivity index (χ3v) is 1.93. The van der Waals surface area contributed by atoms with E-state index in [0.717, 1.165) is 17.7 Å². The highest BCUT2D eigenvalue weighted by atomic mass is 16.5. The van der Waals surface area contributed by atoms with Crippen LogP contribution in [0.15, 0.2) is 12.1 Å². The second kappa shape index (κ2) is 3.34. The van der Waals surface area contributed by atoms with Crippen molar-refractivity contribution in [3.05, 3.63) is 17.7 Å². The van der Waals surface area contributed by atoms with Crippen molar-refractivity contribution < 1.29 is 4.74 Å². The average molecular weight is 166 g/mol. The van der Waals surface area contributed by atoms with E-state index in [4.69, 9.17) is 16.2 Å². The summed E-state index contributed by atoms with van der Waals surface area (Å²) in [5.74, 6) is 0.695. The van der Waals surface area contributed by atoms with Gasteiger partial charge in [-0.2, -0.15) is 0 Å². The first-order valence-electron chi connectivity index (χ1n) is 3.91. The fourth-order valence-corrected chi connectivity index (χ4v) is 1.23. The van der Waals surface area contributed by atoms with Crippen LogP contribution >= 0.6 is 0 Å². The first kappa shape index (κ1) is 8.71. The zero-order valence-electron chi connectivity index (χ0n) is 7.42. The van der Waals surface area contributed by atoms with Gasteiger partial charge in [-0.3, -0.25) is 0 Å². The third kappa shape index (κ3) is 1.30. The van der Waals surface area contributed by atoms with Gasteiger partial charge in [-0.15, -0.1) is 0 Å². The zero-order valence-corrected chi connectivity index (χ0v) is 7.42. The summed E-state index contributed by atoms with van der Waals surface area (Å²) < 4.78 is 5.06. The van der Waals surface area contributed by atoms with Crippen LogP contribution in [0.5, 0.6) is 5.75 Å². The number of hydrogen-bond donors (Lipinski definition) is 2. The lowest BCUT2D eigenvalue weighted by Crippen LogP contribution is -2.01. The molecular formula is C9H14N2O. The summed E-state index contributed by atoms with van der Waals surface area (Å²) in [6.45, 7) is 2.02. The maximum Gasteiger partial charge on any atom is 0.142 e. The minimum absolute atomic E-state index is 0.653. The van der Waals surface area contributed by atoms with Crippen molar-refractivity contribution in [2.24, 2.45) is 0 Å². The lowest BCUT2D eigenvalue weighted by molar-refractivity contribution is 0.416. The number of ether oxygens (including phenoxy) is 1. The van der Waals surface area contributed by atoms with Crippen LogP contribution < -0.4 is 16.2 Å². The molecule has 0 aliphatic heterocycles. The summed E-state index contributed by atoms with van der Waals surface area (Å²) in [6, 6.07) is 3.60. The molecule has 0 fully saturated rings. The van der Waals surface area contributed by atoms with Gasteiger partial charge in [0.1, 0.15) is 5.75 Å². The number of nitrogen functional groups attached to an aromatic ring is 2. The molecular weight excluding hydrogens is 152 g/mol. The molecule has 0 saturated heterocycles. The predicted octanol–water partition coefficient (Wildman–Crippen LogP) is 1.42. The van der Waals surface area contributed by atoms with E-state index < -0.39 is 0 Å². The van der Waals surface area contributed by atoms with Gasteiger partial charge < -0.3 is 16.2 Å². The lowest BCUT2D eigenvalue weighted by atomic mass is 10.1. The molecule has 0 atom stereocenters. The summed E-state index contributed by atoms with van der Waals surface area (Å²) >= 11 is 0. The van der Waals surface area contributed by atoms with Crippen LogP contribution in [-0.2, 0) is 6.42 Å². The van der Waals surface area contributed by atoms with Gasteiger partial charge >= 0.3 is 0 Å². The molecule has 0 aliphatic carbocycles. The van der Waals surface area contributed by atoms with Gasteiger partial charge in [-0.05, 0) is 18.6 Å². The van der Waals surface area contributed by atoms with Gasteiger partial charge in [0.15, 0.2) is 0 Å². The number of hydrogen-bond acceptors (Lipinski definition) is 3. The molecule has 1 aromatic rings. The topological polar surface area (TPSA) is 61.3 Å². The molecule has 1 rings (SSSR count). The van der Waals surface area contributed by atoms with Crippen molar-refractivity contribution >= 4 is 11.4 Å². The number of rotatable bonds is 2. The molecule has 0 bridgehead atoms. The SMILES string of the molecule is CCc1c(N)ccc(OC)c1N. The molecule has 0 aromatic heterocycles. The molecule has 0 heterocycles. The second-order valence-corrected chi connectivity index (χ2v) is 2.60. The second-order valence-electron chi connectivity index (χ2n) is 2.60. The molecule has 0 aliphatic rings. The van der Waals surface area contributed by atoms with E-state index in [1.807, 2.05) is 13.0 Å². The molecule has 3 nitrogen and oxygen atoms in total. The molecule has 3 heteroatoms. The van der Waals surface area contributed by atoms with Crippen molar-refractivity contribution in [3.63, 3.8) is 0 Å². The summed E-state index contributed by atoms with van der Waals surface area (Å²) in [4.78, 5) is 0. The third-order valence-electron chi connectivity index (χ3n) is 1.93. The predicted molar refractivity (Wildman–Crippen MR) is 51.2 cm³/mol. The van der Waals surface area contributed by atoms with Gasteiger partial charge in [-0.25, -0.2) is 0 Å². The molecule has 1 aromatic carbocycles. The van der Waals surface area contributed by atoms with Crippen molar-refractivity contribution in [3.8, 4) is 5.75 Å². The maximum absolute atomic E-state index is 5.80. The summed E-state index contributed by atoms with van der Waals surface area (Å²) in [5, 5.41) is 0. The Morgan fingerprint density at radius 1 is 1.33 bits per heavy atom. The van der Waals surface area contributed by atoms with E-state index in [1.54, 1.807) is 13.2 Å². The molecule has 66 valence electrons. The van der Waals surface area contributed by atoms with Gasteiger partial charge in [0.2, 0.25) is 0 Å². The van der Waals surface area contributed by atoms with Crippen LogP contribution in [0.3, 0.4) is 0 Å². The number of benzene rings is 1. The maximum atomic E-state index is 5.80. The average Bonchev–Trinajstić information content (AvgIpc) is 2.06.